The van der Waals surface area contributed by atoms with Crippen molar-refractivity contribution in [2.45, 2.75) is 37.3 Å². The average Bonchev–Trinajstić information content (AvgIpc) is 3.29. The molecular formula is C19H22N3OS+. The number of nitriles is 1. The van der Waals surface area contributed by atoms with Crippen molar-refractivity contribution in [1.29, 1.82) is 5.26 Å². The van der Waals surface area contributed by atoms with Gasteiger partial charge in [0.15, 0.2) is 6.54 Å². The summed E-state index contributed by atoms with van der Waals surface area (Å²) in [6, 6.07) is 16.8. The Morgan fingerprint density at radius 2 is 2.00 bits per heavy atom. The van der Waals surface area contributed by atoms with Gasteiger partial charge in [0.1, 0.15) is 11.6 Å². The van der Waals surface area contributed by atoms with E-state index in [0.29, 0.717) is 6.54 Å². The van der Waals surface area contributed by atoms with Gasteiger partial charge in [-0.3, -0.25) is 4.79 Å². The second-order valence-corrected chi connectivity index (χ2v) is 7.27. The first-order valence-electron chi connectivity index (χ1n) is 8.36. The minimum atomic E-state index is -0.643. The first kappa shape index (κ1) is 16.7. The fraction of sp³-hybridized carbons (Fsp3) is 0.368. The Balaban J connectivity index is 1.66. The Bertz CT molecular complexity index is 700. The van der Waals surface area contributed by atoms with Crippen LogP contribution in [0.4, 0.5) is 0 Å². The van der Waals surface area contributed by atoms with Gasteiger partial charge in [0.2, 0.25) is 0 Å². The maximum atomic E-state index is 12.4. The van der Waals surface area contributed by atoms with Crippen molar-refractivity contribution in [3.63, 3.8) is 0 Å². The van der Waals surface area contributed by atoms with Crippen LogP contribution in [0.5, 0.6) is 0 Å². The minimum absolute atomic E-state index is 0.0593. The van der Waals surface area contributed by atoms with Crippen molar-refractivity contribution in [2.75, 3.05) is 6.54 Å². The van der Waals surface area contributed by atoms with Crippen LogP contribution in [0.1, 0.15) is 42.2 Å². The maximum Gasteiger partial charge on any atom is 0.276 e. The fourth-order valence-electron chi connectivity index (χ4n) is 3.33. The van der Waals surface area contributed by atoms with E-state index in [1.807, 2.05) is 24.3 Å². The van der Waals surface area contributed by atoms with E-state index in [0.717, 1.165) is 25.7 Å². The third kappa shape index (κ3) is 3.84. The monoisotopic (exact) mass is 340 g/mol. The Kier molecular flexibility index (Phi) is 5.29. The molecule has 0 aliphatic heterocycles. The Hall–Kier alpha value is -2.16. The van der Waals surface area contributed by atoms with Gasteiger partial charge in [-0.25, -0.2) is 0 Å². The molecule has 1 aromatic heterocycles. The van der Waals surface area contributed by atoms with E-state index in [2.05, 4.69) is 40.3 Å². The molecule has 0 bridgehead atoms. The molecule has 1 aliphatic rings. The zero-order chi connectivity index (χ0) is 16.8. The van der Waals surface area contributed by atoms with Gasteiger partial charge in [-0.15, -0.1) is 11.3 Å². The largest absolute Gasteiger partial charge is 0.333 e. The predicted octanol–water partition coefficient (Wildman–Crippen LogP) is 2.35. The lowest BCUT2D eigenvalue weighted by Gasteiger charge is -2.22. The average molecular weight is 340 g/mol. The minimum Gasteiger partial charge on any atom is -0.333 e. The van der Waals surface area contributed by atoms with Crippen LogP contribution in [-0.2, 0) is 4.79 Å². The highest BCUT2D eigenvalue weighted by atomic mass is 32.1. The van der Waals surface area contributed by atoms with Crippen LogP contribution < -0.4 is 10.6 Å². The molecule has 1 amide bonds. The number of thiophene rings is 1. The second-order valence-electron chi connectivity index (χ2n) is 6.29. The fourth-order valence-corrected chi connectivity index (χ4v) is 4.18. The summed E-state index contributed by atoms with van der Waals surface area (Å²) >= 11 is 1.70. The molecule has 24 heavy (non-hydrogen) atoms. The first-order chi connectivity index (χ1) is 11.7. The molecule has 0 saturated heterocycles. The number of benzene rings is 1. The van der Waals surface area contributed by atoms with E-state index >= 15 is 0 Å². The number of amides is 1. The number of carbonyl (C=O) groups is 1. The number of hydrogen-bond donors (Lipinski definition) is 2. The third-order valence-electron chi connectivity index (χ3n) is 4.60. The summed E-state index contributed by atoms with van der Waals surface area (Å²) in [6.45, 7) is 0.320. The normalized spacial score (nSPS) is 17.1. The number of rotatable bonds is 6. The Morgan fingerprint density at radius 1 is 1.25 bits per heavy atom. The SMILES string of the molecule is N#CC1(NC(=O)C[NH2+][C@H](c2ccccc2)c2cccs2)CCCC1. The molecule has 124 valence electrons. The van der Waals surface area contributed by atoms with E-state index in [1.165, 1.54) is 10.4 Å². The summed E-state index contributed by atoms with van der Waals surface area (Å²) in [5.74, 6) is -0.0593. The van der Waals surface area contributed by atoms with Gasteiger partial charge in [0, 0.05) is 5.56 Å². The van der Waals surface area contributed by atoms with Crippen LogP contribution in [0.15, 0.2) is 47.8 Å². The van der Waals surface area contributed by atoms with Crippen molar-refractivity contribution >= 4 is 17.2 Å². The highest BCUT2D eigenvalue weighted by Gasteiger charge is 2.35. The van der Waals surface area contributed by atoms with E-state index in [9.17, 15) is 10.1 Å². The summed E-state index contributed by atoms with van der Waals surface area (Å²) in [5.41, 5.74) is 0.541. The van der Waals surface area contributed by atoms with Crippen molar-refractivity contribution in [1.82, 2.24) is 5.32 Å². The number of nitrogens with zero attached hydrogens (tertiary/aromatic N) is 1. The lowest BCUT2D eigenvalue weighted by molar-refractivity contribution is -0.676. The smallest absolute Gasteiger partial charge is 0.276 e. The molecule has 1 fully saturated rings. The Morgan fingerprint density at radius 3 is 2.62 bits per heavy atom. The zero-order valence-electron chi connectivity index (χ0n) is 13.6. The molecule has 1 atom stereocenters. The molecule has 1 aliphatic carbocycles. The summed E-state index contributed by atoms with van der Waals surface area (Å²) in [7, 11) is 0. The summed E-state index contributed by atoms with van der Waals surface area (Å²) in [4.78, 5) is 13.6. The lowest BCUT2D eigenvalue weighted by atomic mass is 10.00. The lowest BCUT2D eigenvalue weighted by Crippen LogP contribution is -2.88. The van der Waals surface area contributed by atoms with E-state index < -0.39 is 5.54 Å². The highest BCUT2D eigenvalue weighted by molar-refractivity contribution is 7.10. The van der Waals surface area contributed by atoms with Gasteiger partial charge in [0.25, 0.3) is 5.91 Å². The van der Waals surface area contributed by atoms with Crippen molar-refractivity contribution in [3.8, 4) is 6.07 Å². The number of nitrogens with one attached hydrogen (secondary N) is 1. The van der Waals surface area contributed by atoms with Crippen LogP contribution in [0.25, 0.3) is 0 Å². The molecule has 0 spiro atoms. The zero-order valence-corrected chi connectivity index (χ0v) is 14.4. The maximum absolute atomic E-state index is 12.4. The van der Waals surface area contributed by atoms with Crippen LogP contribution in [0, 0.1) is 11.3 Å². The van der Waals surface area contributed by atoms with Gasteiger partial charge in [-0.1, -0.05) is 36.4 Å². The van der Waals surface area contributed by atoms with Crippen LogP contribution >= 0.6 is 11.3 Å². The number of hydrogen-bond acceptors (Lipinski definition) is 3. The number of carbonyl (C=O) groups excluding carboxylic acids is 1. The molecule has 5 heteroatoms. The highest BCUT2D eigenvalue weighted by Crippen LogP contribution is 2.28. The molecule has 3 N–H and O–H groups in total. The van der Waals surface area contributed by atoms with Crippen LogP contribution in [-0.4, -0.2) is 18.0 Å². The van der Waals surface area contributed by atoms with Gasteiger partial charge < -0.3 is 10.6 Å². The summed E-state index contributed by atoms with van der Waals surface area (Å²) in [5, 5.41) is 16.5. The predicted molar refractivity (Wildman–Crippen MR) is 94.4 cm³/mol. The second kappa shape index (κ2) is 7.61. The van der Waals surface area contributed by atoms with Crippen molar-refractivity contribution < 1.29 is 10.1 Å². The van der Waals surface area contributed by atoms with Gasteiger partial charge >= 0.3 is 0 Å². The topological polar surface area (TPSA) is 69.5 Å². The third-order valence-corrected chi connectivity index (χ3v) is 5.55. The van der Waals surface area contributed by atoms with E-state index in [-0.39, 0.29) is 11.9 Å². The van der Waals surface area contributed by atoms with Gasteiger partial charge in [0.05, 0.1) is 10.9 Å². The van der Waals surface area contributed by atoms with Gasteiger partial charge in [-0.05, 0) is 37.1 Å². The van der Waals surface area contributed by atoms with E-state index in [1.54, 1.807) is 11.3 Å². The molecule has 1 aromatic carbocycles. The molecular weight excluding hydrogens is 318 g/mol. The van der Waals surface area contributed by atoms with Crippen LogP contribution in [0.2, 0.25) is 0 Å². The molecule has 1 heterocycles. The molecule has 3 rings (SSSR count). The van der Waals surface area contributed by atoms with Crippen molar-refractivity contribution in [2.24, 2.45) is 0 Å². The van der Waals surface area contributed by atoms with Gasteiger partial charge in [-0.2, -0.15) is 5.26 Å². The van der Waals surface area contributed by atoms with Crippen LogP contribution in [0.3, 0.4) is 0 Å². The molecule has 4 nitrogen and oxygen atoms in total. The quantitative estimate of drug-likeness (QED) is 0.847. The molecule has 2 aromatic rings. The summed E-state index contributed by atoms with van der Waals surface area (Å²) < 4.78 is 0. The standard InChI is InChI=1S/C19H21N3OS/c20-14-19(10-4-5-11-19)22-17(23)13-21-18(16-9-6-12-24-16)15-7-2-1-3-8-15/h1-3,6-9,12,18,21H,4-5,10-11,13H2,(H,22,23)/p+1/t18-/m1/s1. The number of nitrogens with two attached hydrogens (primary N) is 1. The summed E-state index contributed by atoms with van der Waals surface area (Å²) in [6.07, 6.45) is 3.56. The molecule has 0 unspecified atom stereocenters. The Labute approximate surface area is 146 Å². The number of quaternary nitrogens is 1. The molecule has 1 saturated carbocycles. The van der Waals surface area contributed by atoms with E-state index in [4.69, 9.17) is 0 Å². The first-order valence-corrected chi connectivity index (χ1v) is 9.24. The molecule has 0 radical (unpaired) electrons. The van der Waals surface area contributed by atoms with Crippen molar-refractivity contribution in [3.05, 3.63) is 58.3 Å².